The normalized spacial score (nSPS) is 18.5. The summed E-state index contributed by atoms with van der Waals surface area (Å²) >= 11 is 0. The highest BCUT2D eigenvalue weighted by atomic mass is 16.3. The molecule has 2 rings (SSSR count). The van der Waals surface area contributed by atoms with Crippen LogP contribution in [0.1, 0.15) is 43.7 Å². The van der Waals surface area contributed by atoms with Crippen molar-refractivity contribution in [3.05, 3.63) is 35.4 Å². The maximum Gasteiger partial charge on any atom is 0.0613 e. The summed E-state index contributed by atoms with van der Waals surface area (Å²) in [6, 6.07) is 8.76. The molecule has 17 heavy (non-hydrogen) atoms. The quantitative estimate of drug-likeness (QED) is 0.819. The van der Waals surface area contributed by atoms with Gasteiger partial charge in [-0.25, -0.2) is 0 Å². The fourth-order valence-electron chi connectivity index (χ4n) is 2.62. The van der Waals surface area contributed by atoms with Gasteiger partial charge in [-0.2, -0.15) is 0 Å². The Labute approximate surface area is 104 Å². The zero-order valence-corrected chi connectivity index (χ0v) is 10.7. The number of aliphatic hydroxyl groups is 1. The zero-order chi connectivity index (χ0) is 12.1. The van der Waals surface area contributed by atoms with E-state index < -0.39 is 0 Å². The molecule has 0 heterocycles. The molecule has 1 aliphatic carbocycles. The highest BCUT2D eigenvalue weighted by Crippen LogP contribution is 2.29. The second kappa shape index (κ2) is 5.65. The monoisotopic (exact) mass is 233 g/mol. The fourth-order valence-corrected chi connectivity index (χ4v) is 2.62. The Morgan fingerprint density at radius 1 is 1.12 bits per heavy atom. The van der Waals surface area contributed by atoms with E-state index >= 15 is 0 Å². The van der Waals surface area contributed by atoms with Gasteiger partial charge in [0.25, 0.3) is 0 Å². The van der Waals surface area contributed by atoms with E-state index in [4.69, 9.17) is 0 Å². The molecule has 0 amide bonds. The first-order valence-corrected chi connectivity index (χ1v) is 6.72. The summed E-state index contributed by atoms with van der Waals surface area (Å²) in [5.74, 6) is 0. The molecule has 1 saturated carbocycles. The van der Waals surface area contributed by atoms with E-state index in [1.807, 2.05) is 0 Å². The minimum Gasteiger partial charge on any atom is -0.394 e. The minimum atomic E-state index is -0.0105. The summed E-state index contributed by atoms with van der Waals surface area (Å²) < 4.78 is 0. The first-order valence-electron chi connectivity index (χ1n) is 6.72. The third-order valence-electron chi connectivity index (χ3n) is 3.96. The summed E-state index contributed by atoms with van der Waals surface area (Å²) in [6.07, 6.45) is 5.78. The highest BCUT2D eigenvalue weighted by molar-refractivity contribution is 5.22. The minimum absolute atomic E-state index is 0.0105. The van der Waals surface area contributed by atoms with E-state index in [0.717, 1.165) is 25.8 Å². The van der Waals surface area contributed by atoms with Gasteiger partial charge < -0.3 is 10.4 Å². The summed E-state index contributed by atoms with van der Waals surface area (Å²) in [7, 11) is 0. The van der Waals surface area contributed by atoms with Gasteiger partial charge >= 0.3 is 0 Å². The van der Waals surface area contributed by atoms with Crippen molar-refractivity contribution in [2.24, 2.45) is 0 Å². The Morgan fingerprint density at radius 3 is 2.24 bits per heavy atom. The van der Waals surface area contributed by atoms with Gasteiger partial charge in [0, 0.05) is 12.1 Å². The van der Waals surface area contributed by atoms with Crippen LogP contribution >= 0.6 is 0 Å². The van der Waals surface area contributed by atoms with Gasteiger partial charge in [0.2, 0.25) is 0 Å². The van der Waals surface area contributed by atoms with Crippen LogP contribution in [0.2, 0.25) is 0 Å². The molecular weight excluding hydrogens is 210 g/mol. The second-order valence-electron chi connectivity index (χ2n) is 5.17. The molecule has 0 aromatic heterocycles. The van der Waals surface area contributed by atoms with E-state index in [-0.39, 0.29) is 12.1 Å². The lowest BCUT2D eigenvalue weighted by Gasteiger charge is -2.28. The Bertz CT molecular complexity index is 338. The Hall–Kier alpha value is -0.860. The number of hydrogen-bond donors (Lipinski definition) is 2. The Balaban J connectivity index is 1.92. The topological polar surface area (TPSA) is 32.3 Å². The van der Waals surface area contributed by atoms with Gasteiger partial charge in [-0.05, 0) is 30.4 Å². The van der Waals surface area contributed by atoms with E-state index in [1.54, 1.807) is 0 Å². The van der Waals surface area contributed by atoms with Gasteiger partial charge in [0.1, 0.15) is 0 Å². The number of nitrogens with one attached hydrogen (secondary N) is 1. The molecule has 2 heteroatoms. The fraction of sp³-hybridized carbons (Fsp3) is 0.600. The lowest BCUT2D eigenvalue weighted by atomic mass is 9.98. The summed E-state index contributed by atoms with van der Waals surface area (Å²) in [6.45, 7) is 3.30. The van der Waals surface area contributed by atoms with Gasteiger partial charge in [-0.1, -0.05) is 44.0 Å². The summed E-state index contributed by atoms with van der Waals surface area (Å²) in [5.41, 5.74) is 2.68. The Kier molecular flexibility index (Phi) is 4.19. The molecule has 0 bridgehead atoms. The number of rotatable bonds is 5. The van der Waals surface area contributed by atoms with Crippen LogP contribution in [0, 0.1) is 0 Å². The number of benzene rings is 1. The van der Waals surface area contributed by atoms with Crippen molar-refractivity contribution in [2.45, 2.75) is 51.1 Å². The zero-order valence-electron chi connectivity index (χ0n) is 10.7. The number of aryl methyl sites for hydroxylation is 1. The van der Waals surface area contributed by atoms with E-state index in [2.05, 4.69) is 36.5 Å². The van der Waals surface area contributed by atoms with E-state index in [0.29, 0.717) is 0 Å². The molecule has 0 unspecified atom stereocenters. The van der Waals surface area contributed by atoms with Crippen molar-refractivity contribution in [1.29, 1.82) is 0 Å². The van der Waals surface area contributed by atoms with Crippen LogP contribution in [0.25, 0.3) is 0 Å². The SMILES string of the molecule is CCc1ccc(CNC2(CO)CCCC2)cc1. The molecule has 0 saturated heterocycles. The number of hydrogen-bond acceptors (Lipinski definition) is 2. The Morgan fingerprint density at radius 2 is 1.71 bits per heavy atom. The van der Waals surface area contributed by atoms with Crippen LogP contribution in [0.4, 0.5) is 0 Å². The number of aliphatic hydroxyl groups excluding tert-OH is 1. The van der Waals surface area contributed by atoms with Crippen molar-refractivity contribution in [1.82, 2.24) is 5.32 Å². The standard InChI is InChI=1S/C15H23NO/c1-2-13-5-7-14(8-6-13)11-16-15(12-17)9-3-4-10-15/h5-8,16-17H,2-4,9-12H2,1H3. The molecular formula is C15H23NO. The van der Waals surface area contributed by atoms with Gasteiger partial charge in [-0.3, -0.25) is 0 Å². The first-order chi connectivity index (χ1) is 8.28. The van der Waals surface area contributed by atoms with E-state index in [9.17, 15) is 5.11 Å². The predicted octanol–water partition coefficient (Wildman–Crippen LogP) is 2.64. The molecule has 1 aliphatic rings. The van der Waals surface area contributed by atoms with Gasteiger partial charge in [0.05, 0.1) is 6.61 Å². The average molecular weight is 233 g/mol. The van der Waals surface area contributed by atoms with Crippen LogP contribution in [0.3, 0.4) is 0 Å². The molecule has 1 aromatic carbocycles. The van der Waals surface area contributed by atoms with Crippen LogP contribution in [-0.2, 0) is 13.0 Å². The lowest BCUT2D eigenvalue weighted by molar-refractivity contribution is 0.163. The molecule has 2 N–H and O–H groups in total. The van der Waals surface area contributed by atoms with Crippen LogP contribution in [0.5, 0.6) is 0 Å². The smallest absolute Gasteiger partial charge is 0.0613 e. The van der Waals surface area contributed by atoms with Crippen LogP contribution in [-0.4, -0.2) is 17.3 Å². The first kappa shape index (κ1) is 12.6. The van der Waals surface area contributed by atoms with Crippen molar-refractivity contribution >= 4 is 0 Å². The van der Waals surface area contributed by atoms with E-state index in [1.165, 1.54) is 24.0 Å². The molecule has 0 radical (unpaired) electrons. The van der Waals surface area contributed by atoms with Crippen molar-refractivity contribution in [2.75, 3.05) is 6.61 Å². The largest absolute Gasteiger partial charge is 0.394 e. The van der Waals surface area contributed by atoms with Crippen molar-refractivity contribution < 1.29 is 5.11 Å². The predicted molar refractivity (Wildman–Crippen MR) is 70.9 cm³/mol. The third-order valence-corrected chi connectivity index (χ3v) is 3.96. The average Bonchev–Trinajstić information content (AvgIpc) is 2.86. The van der Waals surface area contributed by atoms with Gasteiger partial charge in [-0.15, -0.1) is 0 Å². The summed E-state index contributed by atoms with van der Waals surface area (Å²) in [4.78, 5) is 0. The lowest BCUT2D eigenvalue weighted by Crippen LogP contribution is -2.45. The molecule has 2 nitrogen and oxygen atoms in total. The van der Waals surface area contributed by atoms with Gasteiger partial charge in [0.15, 0.2) is 0 Å². The summed E-state index contributed by atoms with van der Waals surface area (Å²) in [5, 5.41) is 13.1. The molecule has 1 fully saturated rings. The molecule has 0 aliphatic heterocycles. The van der Waals surface area contributed by atoms with Crippen LogP contribution in [0.15, 0.2) is 24.3 Å². The molecule has 94 valence electrons. The maximum absolute atomic E-state index is 9.51. The molecule has 0 spiro atoms. The molecule has 0 atom stereocenters. The van der Waals surface area contributed by atoms with Crippen molar-refractivity contribution in [3.63, 3.8) is 0 Å². The van der Waals surface area contributed by atoms with Crippen molar-refractivity contribution in [3.8, 4) is 0 Å². The highest BCUT2D eigenvalue weighted by Gasteiger charge is 2.32. The molecule has 1 aromatic rings. The second-order valence-corrected chi connectivity index (χ2v) is 5.17. The third kappa shape index (κ3) is 3.08. The van der Waals surface area contributed by atoms with Crippen LogP contribution < -0.4 is 5.32 Å². The maximum atomic E-state index is 9.51.